The van der Waals surface area contributed by atoms with Gasteiger partial charge < -0.3 is 10.1 Å². The number of hydrogen-bond donors (Lipinski definition) is 1. The van der Waals surface area contributed by atoms with Crippen molar-refractivity contribution in [3.63, 3.8) is 0 Å². The smallest absolute Gasteiger partial charge is 0.294 e. The van der Waals surface area contributed by atoms with Crippen LogP contribution in [0.5, 0.6) is 0 Å². The number of hydrogen-bond acceptors (Lipinski definition) is 7. The minimum atomic E-state index is -0.336. The topological polar surface area (TPSA) is 86.1 Å². The molecule has 4 rings (SSSR count). The molecule has 7 nitrogen and oxygen atoms in total. The summed E-state index contributed by atoms with van der Waals surface area (Å²) in [5, 5.41) is 10.1. The molecule has 1 saturated heterocycles. The maximum absolute atomic E-state index is 12.7. The molecule has 1 amide bonds. The molecule has 1 aliphatic rings. The number of fused-ring (bicyclic) bond motifs is 1. The second-order valence-electron chi connectivity index (χ2n) is 6.14. The molecule has 3 aromatic rings. The van der Waals surface area contributed by atoms with Gasteiger partial charge in [-0.15, -0.1) is 22.7 Å². The molecule has 9 heteroatoms. The first-order valence-corrected chi connectivity index (χ1v) is 10.1. The molecule has 0 radical (unpaired) electrons. The fraction of sp³-hybridized carbons (Fsp3) is 0.412. The van der Waals surface area contributed by atoms with Crippen LogP contribution in [-0.4, -0.2) is 39.9 Å². The molecule has 0 aliphatic carbocycles. The Hall–Kier alpha value is -2.10. The van der Waals surface area contributed by atoms with Crippen LogP contribution >= 0.6 is 22.7 Å². The first-order valence-electron chi connectivity index (χ1n) is 8.42. The van der Waals surface area contributed by atoms with Crippen LogP contribution in [0.2, 0.25) is 0 Å². The Balaban J connectivity index is 1.63. The molecule has 1 N–H and O–H groups in total. The summed E-state index contributed by atoms with van der Waals surface area (Å²) in [6, 6.07) is 3.89. The standard InChI is InChI=1S/C17H18N4O3S2/c1-10-19-15-16(26-10)14(12-5-3-7-25-12)20-21(17(15)23)9-13(22)18-8-11-4-2-6-24-11/h3,5,7,11H,2,4,6,8-9H2,1H3,(H,18,22). The summed E-state index contributed by atoms with van der Waals surface area (Å²) >= 11 is 2.99. The van der Waals surface area contributed by atoms with Crippen molar-refractivity contribution < 1.29 is 9.53 Å². The molecule has 1 fully saturated rings. The van der Waals surface area contributed by atoms with E-state index < -0.39 is 0 Å². The molecule has 1 atom stereocenters. The third-order valence-electron chi connectivity index (χ3n) is 4.21. The fourth-order valence-electron chi connectivity index (χ4n) is 2.97. The van der Waals surface area contributed by atoms with Gasteiger partial charge in [0, 0.05) is 13.2 Å². The minimum absolute atomic E-state index is 0.0639. The maximum Gasteiger partial charge on any atom is 0.294 e. The molecule has 0 aromatic carbocycles. The summed E-state index contributed by atoms with van der Waals surface area (Å²) in [5.41, 5.74) is 0.738. The second-order valence-corrected chi connectivity index (χ2v) is 8.29. The van der Waals surface area contributed by atoms with E-state index in [2.05, 4.69) is 15.4 Å². The van der Waals surface area contributed by atoms with Gasteiger partial charge in [-0.25, -0.2) is 9.67 Å². The van der Waals surface area contributed by atoms with E-state index >= 15 is 0 Å². The Morgan fingerprint density at radius 2 is 2.38 bits per heavy atom. The summed E-state index contributed by atoms with van der Waals surface area (Å²) in [7, 11) is 0. The van der Waals surface area contributed by atoms with E-state index in [4.69, 9.17) is 4.74 Å². The molecule has 26 heavy (non-hydrogen) atoms. The van der Waals surface area contributed by atoms with Crippen LogP contribution in [0.4, 0.5) is 0 Å². The number of carbonyl (C=O) groups is 1. The van der Waals surface area contributed by atoms with E-state index in [1.807, 2.05) is 24.4 Å². The molecule has 0 spiro atoms. The summed E-state index contributed by atoms with van der Waals surface area (Å²) in [6.45, 7) is 2.94. The number of aromatic nitrogens is 3. The summed E-state index contributed by atoms with van der Waals surface area (Å²) in [4.78, 5) is 30.3. The Morgan fingerprint density at radius 1 is 1.50 bits per heavy atom. The molecule has 0 saturated carbocycles. The van der Waals surface area contributed by atoms with Crippen LogP contribution in [0, 0.1) is 6.92 Å². The number of amides is 1. The van der Waals surface area contributed by atoms with Gasteiger partial charge in [-0.1, -0.05) is 6.07 Å². The van der Waals surface area contributed by atoms with Gasteiger partial charge in [-0.3, -0.25) is 9.59 Å². The summed E-state index contributed by atoms with van der Waals surface area (Å²) < 4.78 is 7.48. The maximum atomic E-state index is 12.7. The van der Waals surface area contributed by atoms with Crippen LogP contribution in [0.25, 0.3) is 20.8 Å². The zero-order valence-electron chi connectivity index (χ0n) is 14.2. The molecular formula is C17H18N4O3S2. The lowest BCUT2D eigenvalue weighted by atomic mass is 10.2. The Morgan fingerprint density at radius 3 is 3.12 bits per heavy atom. The van der Waals surface area contributed by atoms with Gasteiger partial charge in [0.25, 0.3) is 5.56 Å². The fourth-order valence-corrected chi connectivity index (χ4v) is 4.66. The molecule has 4 heterocycles. The number of nitrogens with zero attached hydrogens (tertiary/aromatic N) is 3. The van der Waals surface area contributed by atoms with Crippen LogP contribution in [0.1, 0.15) is 17.8 Å². The van der Waals surface area contributed by atoms with Gasteiger partial charge in [-0.2, -0.15) is 5.10 Å². The number of thiophene rings is 1. The van der Waals surface area contributed by atoms with E-state index in [0.717, 1.165) is 34.0 Å². The van der Waals surface area contributed by atoms with Gasteiger partial charge in [0.2, 0.25) is 5.91 Å². The molecule has 3 aromatic heterocycles. The Labute approximate surface area is 157 Å². The van der Waals surface area contributed by atoms with E-state index in [-0.39, 0.29) is 24.1 Å². The normalized spacial score (nSPS) is 17.0. The predicted molar refractivity (Wildman–Crippen MR) is 102 cm³/mol. The lowest BCUT2D eigenvalue weighted by Crippen LogP contribution is -2.37. The number of nitrogens with one attached hydrogen (secondary N) is 1. The lowest BCUT2D eigenvalue weighted by molar-refractivity contribution is -0.122. The first-order chi connectivity index (χ1) is 12.6. The summed E-state index contributed by atoms with van der Waals surface area (Å²) in [5.74, 6) is -0.251. The molecule has 0 bridgehead atoms. The number of carbonyl (C=O) groups excluding carboxylic acids is 1. The average Bonchev–Trinajstić information content (AvgIpc) is 3.36. The largest absolute Gasteiger partial charge is 0.376 e. The van der Waals surface area contributed by atoms with Crippen molar-refractivity contribution in [2.24, 2.45) is 0 Å². The minimum Gasteiger partial charge on any atom is -0.376 e. The van der Waals surface area contributed by atoms with Crippen molar-refractivity contribution in [1.29, 1.82) is 0 Å². The average molecular weight is 390 g/mol. The zero-order chi connectivity index (χ0) is 18.1. The van der Waals surface area contributed by atoms with Gasteiger partial charge >= 0.3 is 0 Å². The van der Waals surface area contributed by atoms with Gasteiger partial charge in [0.05, 0.1) is 20.7 Å². The second kappa shape index (κ2) is 7.26. The van der Waals surface area contributed by atoms with Crippen molar-refractivity contribution in [2.75, 3.05) is 13.2 Å². The Kier molecular flexibility index (Phi) is 4.84. The SMILES string of the molecule is Cc1nc2c(=O)n(CC(=O)NCC3CCCO3)nc(-c3cccs3)c2s1. The van der Waals surface area contributed by atoms with Crippen molar-refractivity contribution >= 4 is 38.8 Å². The number of thiazole rings is 1. The van der Waals surface area contributed by atoms with E-state index in [0.29, 0.717) is 17.8 Å². The zero-order valence-corrected chi connectivity index (χ0v) is 15.9. The third kappa shape index (κ3) is 3.42. The van der Waals surface area contributed by atoms with Crippen LogP contribution in [0.15, 0.2) is 22.3 Å². The Bertz CT molecular complexity index is 988. The predicted octanol–water partition coefficient (Wildman–Crippen LogP) is 2.19. The molecule has 1 aliphatic heterocycles. The highest BCUT2D eigenvalue weighted by Crippen LogP contribution is 2.31. The van der Waals surface area contributed by atoms with E-state index in [1.165, 1.54) is 16.0 Å². The lowest BCUT2D eigenvalue weighted by Gasteiger charge is -2.11. The highest BCUT2D eigenvalue weighted by Gasteiger charge is 2.20. The van der Waals surface area contributed by atoms with Crippen LogP contribution < -0.4 is 10.9 Å². The van der Waals surface area contributed by atoms with Crippen molar-refractivity contribution in [2.45, 2.75) is 32.4 Å². The number of ether oxygens (including phenoxy) is 1. The van der Waals surface area contributed by atoms with Gasteiger partial charge in [0.1, 0.15) is 12.2 Å². The van der Waals surface area contributed by atoms with Crippen molar-refractivity contribution in [3.05, 3.63) is 32.9 Å². The number of aryl methyl sites for hydroxylation is 1. The van der Waals surface area contributed by atoms with Gasteiger partial charge in [0.15, 0.2) is 5.52 Å². The quantitative estimate of drug-likeness (QED) is 0.722. The molecule has 1 unspecified atom stereocenters. The van der Waals surface area contributed by atoms with Crippen molar-refractivity contribution in [1.82, 2.24) is 20.1 Å². The van der Waals surface area contributed by atoms with Crippen molar-refractivity contribution in [3.8, 4) is 10.6 Å². The third-order valence-corrected chi connectivity index (χ3v) is 6.06. The monoisotopic (exact) mass is 390 g/mol. The highest BCUT2D eigenvalue weighted by molar-refractivity contribution is 7.20. The van der Waals surface area contributed by atoms with Crippen LogP contribution in [0.3, 0.4) is 0 Å². The highest BCUT2D eigenvalue weighted by atomic mass is 32.1. The first kappa shape index (κ1) is 17.3. The number of rotatable bonds is 5. The van der Waals surface area contributed by atoms with Crippen LogP contribution in [-0.2, 0) is 16.1 Å². The molecule has 136 valence electrons. The van der Waals surface area contributed by atoms with E-state index in [1.54, 1.807) is 11.3 Å². The van der Waals surface area contributed by atoms with E-state index in [9.17, 15) is 9.59 Å². The van der Waals surface area contributed by atoms with Gasteiger partial charge in [-0.05, 0) is 31.2 Å². The summed E-state index contributed by atoms with van der Waals surface area (Å²) in [6.07, 6.45) is 2.03. The molecular weight excluding hydrogens is 372 g/mol.